The van der Waals surface area contributed by atoms with Crippen molar-refractivity contribution < 1.29 is 0 Å². The van der Waals surface area contributed by atoms with Gasteiger partial charge in [-0.25, -0.2) is 0 Å². The number of hydrogen-bond donors (Lipinski definition) is 1. The Morgan fingerprint density at radius 1 is 0.615 bits per heavy atom. The summed E-state index contributed by atoms with van der Waals surface area (Å²) in [6.45, 7) is 4.08. The summed E-state index contributed by atoms with van der Waals surface area (Å²) in [5, 5.41) is 7.95. The van der Waals surface area contributed by atoms with E-state index in [2.05, 4.69) is 78.9 Å². The molecule has 0 aliphatic carbocycles. The van der Waals surface area contributed by atoms with Gasteiger partial charge >= 0.3 is 0 Å². The molecular formula is C25H21N. The highest BCUT2D eigenvalue weighted by Gasteiger charge is 2.15. The number of rotatable bonds is 2. The summed E-state index contributed by atoms with van der Waals surface area (Å²) in [5.41, 5.74) is 9.58. The van der Waals surface area contributed by atoms with E-state index in [1.165, 1.54) is 43.4 Å². The maximum atomic E-state index is 6.23. The first-order valence-corrected chi connectivity index (χ1v) is 9.09. The highest BCUT2D eigenvalue weighted by atomic mass is 14.7. The average molecular weight is 335 g/mol. The molecule has 0 atom stereocenters. The molecule has 5 rings (SSSR count). The zero-order valence-electron chi connectivity index (χ0n) is 15.1. The topological polar surface area (TPSA) is 26.0 Å². The quantitative estimate of drug-likeness (QED) is 0.369. The van der Waals surface area contributed by atoms with Gasteiger partial charge < -0.3 is 5.73 Å². The number of nitrogens with two attached hydrogens (primary N) is 1. The van der Waals surface area contributed by atoms with Gasteiger partial charge in [0.1, 0.15) is 0 Å². The third-order valence-electron chi connectivity index (χ3n) is 5.47. The van der Waals surface area contributed by atoms with Crippen LogP contribution in [-0.2, 0) is 5.54 Å². The van der Waals surface area contributed by atoms with Crippen LogP contribution in [0.1, 0.15) is 19.4 Å². The highest BCUT2D eigenvalue weighted by molar-refractivity contribution is 6.25. The van der Waals surface area contributed by atoms with Crippen LogP contribution in [0.2, 0.25) is 0 Å². The minimum absolute atomic E-state index is 0.318. The molecule has 26 heavy (non-hydrogen) atoms. The molecular weight excluding hydrogens is 314 g/mol. The van der Waals surface area contributed by atoms with Crippen molar-refractivity contribution in [1.29, 1.82) is 0 Å². The molecule has 1 nitrogen and oxygen atoms in total. The third kappa shape index (κ3) is 2.21. The molecule has 0 spiro atoms. The summed E-state index contributed by atoms with van der Waals surface area (Å²) in [6, 6.07) is 28.6. The van der Waals surface area contributed by atoms with Gasteiger partial charge in [0.15, 0.2) is 0 Å². The van der Waals surface area contributed by atoms with Crippen LogP contribution in [0.15, 0.2) is 78.9 Å². The molecule has 0 saturated carbocycles. The van der Waals surface area contributed by atoms with Crippen LogP contribution in [0, 0.1) is 0 Å². The monoisotopic (exact) mass is 335 g/mol. The maximum absolute atomic E-state index is 6.23. The maximum Gasteiger partial charge on any atom is 0.0352 e. The molecule has 5 aromatic carbocycles. The SMILES string of the molecule is CC(C)(N)c1ccc(-c2ccc3ccc4cccc5ccc2c3c45)cc1. The van der Waals surface area contributed by atoms with Gasteiger partial charge in [0, 0.05) is 5.54 Å². The molecule has 0 radical (unpaired) electrons. The van der Waals surface area contributed by atoms with Crippen LogP contribution < -0.4 is 5.73 Å². The van der Waals surface area contributed by atoms with Crippen LogP contribution in [0.3, 0.4) is 0 Å². The van der Waals surface area contributed by atoms with E-state index in [1.54, 1.807) is 0 Å². The van der Waals surface area contributed by atoms with E-state index in [9.17, 15) is 0 Å². The Kier molecular flexibility index (Phi) is 3.13. The van der Waals surface area contributed by atoms with Gasteiger partial charge in [-0.1, -0.05) is 78.9 Å². The van der Waals surface area contributed by atoms with E-state index >= 15 is 0 Å². The predicted octanol–water partition coefficient (Wildman–Crippen LogP) is 6.44. The van der Waals surface area contributed by atoms with Gasteiger partial charge in [-0.15, -0.1) is 0 Å². The summed E-state index contributed by atoms with van der Waals surface area (Å²) < 4.78 is 0. The molecule has 0 amide bonds. The van der Waals surface area contributed by atoms with Gasteiger partial charge in [-0.2, -0.15) is 0 Å². The molecule has 5 aromatic rings. The van der Waals surface area contributed by atoms with Gasteiger partial charge in [0.25, 0.3) is 0 Å². The van der Waals surface area contributed by atoms with Crippen LogP contribution in [-0.4, -0.2) is 0 Å². The standard InChI is InChI=1S/C25H21N/c1-25(2,26)20-12-8-16(9-13-20)21-14-10-19-7-6-17-4-3-5-18-11-15-22(21)24(19)23(17)18/h3-15H,26H2,1-2H3. The lowest BCUT2D eigenvalue weighted by Crippen LogP contribution is -2.28. The zero-order chi connectivity index (χ0) is 17.9. The second-order valence-electron chi connectivity index (χ2n) is 7.77. The van der Waals surface area contributed by atoms with Crippen LogP contribution >= 0.6 is 0 Å². The van der Waals surface area contributed by atoms with Gasteiger partial charge in [0.2, 0.25) is 0 Å². The van der Waals surface area contributed by atoms with Crippen LogP contribution in [0.5, 0.6) is 0 Å². The van der Waals surface area contributed by atoms with Gasteiger partial charge in [-0.3, -0.25) is 0 Å². The zero-order valence-corrected chi connectivity index (χ0v) is 15.1. The Morgan fingerprint density at radius 3 is 1.85 bits per heavy atom. The minimum Gasteiger partial charge on any atom is -0.322 e. The van der Waals surface area contributed by atoms with E-state index in [0.29, 0.717) is 0 Å². The van der Waals surface area contributed by atoms with Crippen molar-refractivity contribution in [3.63, 3.8) is 0 Å². The lowest BCUT2D eigenvalue weighted by Gasteiger charge is -2.20. The summed E-state index contributed by atoms with van der Waals surface area (Å²) in [6.07, 6.45) is 0. The number of hydrogen-bond acceptors (Lipinski definition) is 1. The molecule has 0 aromatic heterocycles. The molecule has 0 saturated heterocycles. The second-order valence-corrected chi connectivity index (χ2v) is 7.77. The Morgan fingerprint density at radius 2 is 1.19 bits per heavy atom. The summed E-state index contributed by atoms with van der Waals surface area (Å²) in [4.78, 5) is 0. The van der Waals surface area contributed by atoms with Crippen molar-refractivity contribution in [2.45, 2.75) is 19.4 Å². The van der Waals surface area contributed by atoms with Gasteiger partial charge in [-0.05, 0) is 62.9 Å². The van der Waals surface area contributed by atoms with Crippen molar-refractivity contribution in [2.24, 2.45) is 5.73 Å². The highest BCUT2D eigenvalue weighted by Crippen LogP contribution is 2.39. The third-order valence-corrected chi connectivity index (χ3v) is 5.47. The first kappa shape index (κ1) is 15.4. The fraction of sp³-hybridized carbons (Fsp3) is 0.120. The smallest absolute Gasteiger partial charge is 0.0352 e. The summed E-state index contributed by atoms with van der Waals surface area (Å²) >= 11 is 0. The fourth-order valence-corrected chi connectivity index (χ4v) is 4.07. The summed E-state index contributed by atoms with van der Waals surface area (Å²) in [7, 11) is 0. The van der Waals surface area contributed by atoms with Gasteiger partial charge in [0.05, 0.1) is 0 Å². The van der Waals surface area contributed by atoms with Crippen molar-refractivity contribution in [3.05, 3.63) is 84.4 Å². The molecule has 0 fully saturated rings. The molecule has 1 heteroatoms. The van der Waals surface area contributed by atoms with E-state index in [1.807, 2.05) is 13.8 Å². The molecule has 2 N–H and O–H groups in total. The second kappa shape index (κ2) is 5.30. The van der Waals surface area contributed by atoms with Crippen molar-refractivity contribution >= 4 is 32.3 Å². The number of benzene rings is 5. The molecule has 0 unspecified atom stereocenters. The molecule has 126 valence electrons. The fourth-order valence-electron chi connectivity index (χ4n) is 4.07. The van der Waals surface area contributed by atoms with Crippen LogP contribution in [0.25, 0.3) is 43.4 Å². The van der Waals surface area contributed by atoms with E-state index in [-0.39, 0.29) is 5.54 Å². The van der Waals surface area contributed by atoms with Crippen molar-refractivity contribution in [2.75, 3.05) is 0 Å². The largest absolute Gasteiger partial charge is 0.322 e. The Labute approximate surface area is 153 Å². The Bertz CT molecular complexity index is 1230. The summed E-state index contributed by atoms with van der Waals surface area (Å²) in [5.74, 6) is 0. The van der Waals surface area contributed by atoms with E-state index in [4.69, 9.17) is 5.73 Å². The molecule has 0 aliphatic heterocycles. The average Bonchev–Trinajstić information content (AvgIpc) is 2.65. The normalized spacial score (nSPS) is 12.4. The minimum atomic E-state index is -0.318. The first-order valence-electron chi connectivity index (χ1n) is 9.09. The predicted molar refractivity (Wildman–Crippen MR) is 113 cm³/mol. The Hall–Kier alpha value is -2.90. The molecule has 0 heterocycles. The Balaban J connectivity index is 1.81. The molecule has 0 bridgehead atoms. The van der Waals surface area contributed by atoms with Crippen molar-refractivity contribution in [1.82, 2.24) is 0 Å². The van der Waals surface area contributed by atoms with Crippen molar-refractivity contribution in [3.8, 4) is 11.1 Å². The molecule has 0 aliphatic rings. The first-order chi connectivity index (χ1) is 12.5. The lowest BCUT2D eigenvalue weighted by atomic mass is 9.88. The lowest BCUT2D eigenvalue weighted by molar-refractivity contribution is 0.554. The van der Waals surface area contributed by atoms with E-state index < -0.39 is 0 Å². The van der Waals surface area contributed by atoms with Crippen LogP contribution in [0.4, 0.5) is 0 Å². The van der Waals surface area contributed by atoms with E-state index in [0.717, 1.165) is 5.56 Å².